The maximum atomic E-state index is 12.1. The zero-order valence-corrected chi connectivity index (χ0v) is 13.1. The van der Waals surface area contributed by atoms with Gasteiger partial charge in [0.25, 0.3) is 15.7 Å². The van der Waals surface area contributed by atoms with Crippen molar-refractivity contribution in [3.05, 3.63) is 68.2 Å². The summed E-state index contributed by atoms with van der Waals surface area (Å²) >= 11 is 11.6. The summed E-state index contributed by atoms with van der Waals surface area (Å²) in [6.45, 7) is 0. The molecule has 2 aromatic carbocycles. The third kappa shape index (κ3) is 3.62. The number of nitro benzene ring substituents is 1. The van der Waals surface area contributed by atoms with Crippen molar-refractivity contribution < 1.29 is 13.3 Å². The van der Waals surface area contributed by atoms with E-state index in [0.717, 1.165) is 18.3 Å². The fourth-order valence-electron chi connectivity index (χ4n) is 1.61. The molecule has 22 heavy (non-hydrogen) atoms. The Morgan fingerprint density at radius 3 is 2.41 bits per heavy atom. The Hall–Kier alpha value is -1.96. The first kappa shape index (κ1) is 16.4. The lowest BCUT2D eigenvalue weighted by Crippen LogP contribution is -2.02. The second-order valence-electron chi connectivity index (χ2n) is 4.11. The Labute approximate surface area is 136 Å². The number of sulfonamides is 1. The van der Waals surface area contributed by atoms with Crippen LogP contribution >= 0.6 is 23.2 Å². The van der Waals surface area contributed by atoms with Gasteiger partial charge in [0.1, 0.15) is 0 Å². The lowest BCUT2D eigenvalue weighted by Gasteiger charge is -2.00. The molecule has 0 aromatic heterocycles. The van der Waals surface area contributed by atoms with Crippen LogP contribution in [0, 0.1) is 10.1 Å². The summed E-state index contributed by atoms with van der Waals surface area (Å²) in [5.41, 5.74) is -0.134. The van der Waals surface area contributed by atoms with Crippen molar-refractivity contribution in [1.29, 1.82) is 0 Å². The number of rotatable bonds is 4. The normalized spacial score (nSPS) is 11.7. The van der Waals surface area contributed by atoms with Gasteiger partial charge in [-0.3, -0.25) is 10.1 Å². The standard InChI is InChI=1S/C13H8Cl2N2O4S/c14-10-6-5-9(7-11(10)15)8-16-22(20,21)13-4-2-1-3-12(13)17(18)19/h1-8H/b16-8+. The molecule has 0 saturated carbocycles. The van der Waals surface area contributed by atoms with Gasteiger partial charge >= 0.3 is 0 Å². The number of nitro groups is 1. The maximum absolute atomic E-state index is 12.1. The lowest BCUT2D eigenvalue weighted by atomic mass is 10.2. The predicted molar refractivity (Wildman–Crippen MR) is 84.3 cm³/mol. The predicted octanol–water partition coefficient (Wildman–Crippen LogP) is 3.71. The number of benzene rings is 2. The van der Waals surface area contributed by atoms with Gasteiger partial charge in [-0.05, 0) is 23.8 Å². The van der Waals surface area contributed by atoms with Crippen LogP contribution in [0.15, 0.2) is 51.8 Å². The minimum atomic E-state index is -4.21. The van der Waals surface area contributed by atoms with Gasteiger partial charge < -0.3 is 0 Å². The first-order valence-electron chi connectivity index (χ1n) is 5.80. The van der Waals surface area contributed by atoms with Gasteiger partial charge in [0.05, 0.1) is 15.0 Å². The highest BCUT2D eigenvalue weighted by Crippen LogP contribution is 2.25. The Balaban J connectivity index is 2.41. The monoisotopic (exact) mass is 358 g/mol. The molecule has 0 heterocycles. The molecule has 0 N–H and O–H groups in total. The van der Waals surface area contributed by atoms with Gasteiger partial charge in [-0.2, -0.15) is 12.8 Å². The highest BCUT2D eigenvalue weighted by atomic mass is 35.5. The molecule has 2 rings (SSSR count). The fourth-order valence-corrected chi connectivity index (χ4v) is 2.94. The van der Waals surface area contributed by atoms with E-state index in [1.54, 1.807) is 0 Å². The highest BCUT2D eigenvalue weighted by molar-refractivity contribution is 7.90. The molecule has 0 spiro atoms. The summed E-state index contributed by atoms with van der Waals surface area (Å²) in [4.78, 5) is 9.63. The van der Waals surface area contributed by atoms with Crippen LogP contribution in [-0.4, -0.2) is 19.6 Å². The van der Waals surface area contributed by atoms with E-state index in [9.17, 15) is 18.5 Å². The molecule has 114 valence electrons. The number of hydrogen-bond acceptors (Lipinski definition) is 4. The van der Waals surface area contributed by atoms with E-state index in [1.165, 1.54) is 30.3 Å². The molecule has 9 heteroatoms. The second-order valence-corrected chi connectivity index (χ2v) is 6.52. The zero-order chi connectivity index (χ0) is 16.3. The molecule has 0 aliphatic heterocycles. The molecule has 0 bridgehead atoms. The fraction of sp³-hybridized carbons (Fsp3) is 0. The van der Waals surface area contributed by atoms with Crippen LogP contribution in [0.2, 0.25) is 10.0 Å². The molecule has 0 aliphatic carbocycles. The van der Waals surface area contributed by atoms with Gasteiger partial charge in [0.15, 0.2) is 4.90 Å². The molecule has 0 fully saturated rings. The quantitative estimate of drug-likeness (QED) is 0.473. The van der Waals surface area contributed by atoms with Crippen molar-refractivity contribution in [3.63, 3.8) is 0 Å². The van der Waals surface area contributed by atoms with Gasteiger partial charge in [0.2, 0.25) is 0 Å². The van der Waals surface area contributed by atoms with Crippen LogP contribution in [0.25, 0.3) is 0 Å². The molecular formula is C13H8Cl2N2O4S. The van der Waals surface area contributed by atoms with E-state index in [4.69, 9.17) is 23.2 Å². The van der Waals surface area contributed by atoms with E-state index in [1.807, 2.05) is 0 Å². The second kappa shape index (κ2) is 6.43. The van der Waals surface area contributed by atoms with Crippen LogP contribution < -0.4 is 0 Å². The van der Waals surface area contributed by atoms with E-state index in [0.29, 0.717) is 10.6 Å². The Morgan fingerprint density at radius 2 is 1.77 bits per heavy atom. The average molecular weight is 359 g/mol. The Bertz CT molecular complexity index is 866. The van der Waals surface area contributed by atoms with Crippen LogP contribution in [0.5, 0.6) is 0 Å². The minimum absolute atomic E-state index is 0.244. The van der Waals surface area contributed by atoms with E-state index >= 15 is 0 Å². The van der Waals surface area contributed by atoms with Crippen LogP contribution in [0.1, 0.15) is 5.56 Å². The van der Waals surface area contributed by atoms with Gasteiger partial charge in [-0.25, -0.2) is 0 Å². The average Bonchev–Trinajstić information content (AvgIpc) is 2.48. The van der Waals surface area contributed by atoms with E-state index in [-0.39, 0.29) is 5.02 Å². The zero-order valence-electron chi connectivity index (χ0n) is 10.8. The summed E-state index contributed by atoms with van der Waals surface area (Å²) in [6.07, 6.45) is 1.05. The summed E-state index contributed by atoms with van der Waals surface area (Å²) in [5, 5.41) is 11.4. The minimum Gasteiger partial charge on any atom is -0.258 e. The summed E-state index contributed by atoms with van der Waals surface area (Å²) in [6, 6.07) is 9.42. The van der Waals surface area contributed by atoms with Crippen LogP contribution in [-0.2, 0) is 10.0 Å². The SMILES string of the molecule is O=[N+]([O-])c1ccccc1S(=O)(=O)/N=C/c1ccc(Cl)c(Cl)c1. The van der Waals surface area contributed by atoms with E-state index < -0.39 is 25.5 Å². The van der Waals surface area contributed by atoms with Gasteiger partial charge in [-0.1, -0.05) is 41.4 Å². The van der Waals surface area contributed by atoms with Crippen molar-refractivity contribution in [2.45, 2.75) is 4.90 Å². The van der Waals surface area contributed by atoms with Crippen LogP contribution in [0.4, 0.5) is 5.69 Å². The van der Waals surface area contributed by atoms with Crippen molar-refractivity contribution in [2.75, 3.05) is 0 Å². The number of hydrogen-bond donors (Lipinski definition) is 0. The molecule has 0 saturated heterocycles. The number of halogens is 2. The summed E-state index contributed by atoms with van der Waals surface area (Å²) < 4.78 is 27.7. The van der Waals surface area contributed by atoms with Crippen molar-refractivity contribution in [1.82, 2.24) is 0 Å². The number of nitrogens with zero attached hydrogens (tertiary/aromatic N) is 2. The third-order valence-corrected chi connectivity index (χ3v) is 4.65. The number of para-hydroxylation sites is 1. The first-order valence-corrected chi connectivity index (χ1v) is 8.00. The topological polar surface area (TPSA) is 89.6 Å². The Kier molecular flexibility index (Phi) is 4.80. The first-order chi connectivity index (χ1) is 10.3. The molecule has 0 atom stereocenters. The summed E-state index contributed by atoms with van der Waals surface area (Å²) in [5.74, 6) is 0. The van der Waals surface area contributed by atoms with Crippen LogP contribution in [0.3, 0.4) is 0 Å². The molecule has 0 amide bonds. The highest BCUT2D eigenvalue weighted by Gasteiger charge is 2.23. The van der Waals surface area contributed by atoms with Gasteiger partial charge in [0, 0.05) is 12.3 Å². The Morgan fingerprint density at radius 1 is 1.09 bits per heavy atom. The molecule has 0 unspecified atom stereocenters. The largest absolute Gasteiger partial charge is 0.289 e. The smallest absolute Gasteiger partial charge is 0.258 e. The molecule has 0 radical (unpaired) electrons. The third-order valence-electron chi connectivity index (χ3n) is 2.62. The summed E-state index contributed by atoms with van der Waals surface area (Å²) in [7, 11) is -4.21. The van der Waals surface area contributed by atoms with Crippen molar-refractivity contribution >= 4 is 45.1 Å². The van der Waals surface area contributed by atoms with E-state index in [2.05, 4.69) is 4.40 Å². The van der Waals surface area contributed by atoms with Crippen molar-refractivity contribution in [3.8, 4) is 0 Å². The van der Waals surface area contributed by atoms with Crippen molar-refractivity contribution in [2.24, 2.45) is 4.40 Å². The molecule has 6 nitrogen and oxygen atoms in total. The molecular weight excluding hydrogens is 351 g/mol. The molecule has 0 aliphatic rings. The van der Waals surface area contributed by atoms with Gasteiger partial charge in [-0.15, -0.1) is 0 Å². The lowest BCUT2D eigenvalue weighted by molar-refractivity contribution is -0.387. The maximum Gasteiger partial charge on any atom is 0.289 e. The molecule has 2 aromatic rings.